The maximum absolute atomic E-state index is 5.70. The van der Waals surface area contributed by atoms with Gasteiger partial charge in [-0.15, -0.1) is 0 Å². The summed E-state index contributed by atoms with van der Waals surface area (Å²) in [5.41, 5.74) is 3.00. The molecule has 0 aromatic heterocycles. The highest BCUT2D eigenvalue weighted by Gasteiger charge is 2.30. The second-order valence-corrected chi connectivity index (χ2v) is 6.09. The van der Waals surface area contributed by atoms with Crippen molar-refractivity contribution in [3.8, 4) is 0 Å². The van der Waals surface area contributed by atoms with E-state index in [1.807, 2.05) is 13.8 Å². The normalized spacial score (nSPS) is 26.9. The number of hydrogen-bond acceptors (Lipinski definition) is 3. The van der Waals surface area contributed by atoms with E-state index < -0.39 is 5.79 Å². The van der Waals surface area contributed by atoms with Crippen molar-refractivity contribution < 1.29 is 9.47 Å². The molecule has 3 rings (SSSR count). The van der Waals surface area contributed by atoms with E-state index in [4.69, 9.17) is 9.47 Å². The lowest BCUT2D eigenvalue weighted by molar-refractivity contribution is -0.253. The van der Waals surface area contributed by atoms with Crippen LogP contribution in [-0.2, 0) is 22.3 Å². The fourth-order valence-corrected chi connectivity index (χ4v) is 2.96. The SMILES string of the molecule is CC1(C)OCC(NC2CCc3ccccc3C2)CO1. The van der Waals surface area contributed by atoms with Crippen molar-refractivity contribution in [3.05, 3.63) is 35.4 Å². The molecule has 0 amide bonds. The molecule has 1 aliphatic heterocycles. The Morgan fingerprint density at radius 3 is 2.47 bits per heavy atom. The van der Waals surface area contributed by atoms with E-state index in [2.05, 4.69) is 29.6 Å². The van der Waals surface area contributed by atoms with Gasteiger partial charge in [-0.3, -0.25) is 0 Å². The van der Waals surface area contributed by atoms with Gasteiger partial charge in [0.2, 0.25) is 0 Å². The van der Waals surface area contributed by atoms with Gasteiger partial charge in [-0.25, -0.2) is 0 Å². The van der Waals surface area contributed by atoms with E-state index in [1.54, 1.807) is 0 Å². The first-order valence-electron chi connectivity index (χ1n) is 7.23. The van der Waals surface area contributed by atoms with Crippen LogP contribution in [0.2, 0.25) is 0 Å². The molecule has 1 atom stereocenters. The van der Waals surface area contributed by atoms with Crippen LogP contribution in [0, 0.1) is 0 Å². The highest BCUT2D eigenvalue weighted by molar-refractivity contribution is 5.30. The smallest absolute Gasteiger partial charge is 0.162 e. The molecule has 1 heterocycles. The van der Waals surface area contributed by atoms with Crippen LogP contribution in [0.15, 0.2) is 24.3 Å². The summed E-state index contributed by atoms with van der Waals surface area (Å²) in [6, 6.07) is 9.64. The molecule has 1 saturated heterocycles. The minimum Gasteiger partial charge on any atom is -0.349 e. The molecule has 0 bridgehead atoms. The molecular formula is C16H23NO2. The van der Waals surface area contributed by atoms with Crippen LogP contribution in [0.3, 0.4) is 0 Å². The first kappa shape index (κ1) is 13.1. The van der Waals surface area contributed by atoms with Crippen molar-refractivity contribution in [1.29, 1.82) is 0 Å². The molecule has 0 saturated carbocycles. The largest absolute Gasteiger partial charge is 0.349 e. The molecule has 1 fully saturated rings. The molecular weight excluding hydrogens is 238 g/mol. The Morgan fingerprint density at radius 2 is 1.74 bits per heavy atom. The summed E-state index contributed by atoms with van der Waals surface area (Å²) >= 11 is 0. The minimum absolute atomic E-state index is 0.322. The van der Waals surface area contributed by atoms with Crippen LogP contribution >= 0.6 is 0 Å². The summed E-state index contributed by atoms with van der Waals surface area (Å²) in [4.78, 5) is 0. The Kier molecular flexibility index (Phi) is 3.61. The van der Waals surface area contributed by atoms with Crippen molar-refractivity contribution in [2.75, 3.05) is 13.2 Å². The summed E-state index contributed by atoms with van der Waals surface area (Å²) in [7, 11) is 0. The van der Waals surface area contributed by atoms with Gasteiger partial charge in [0, 0.05) is 6.04 Å². The maximum Gasteiger partial charge on any atom is 0.162 e. The van der Waals surface area contributed by atoms with E-state index >= 15 is 0 Å². The van der Waals surface area contributed by atoms with Gasteiger partial charge < -0.3 is 14.8 Å². The van der Waals surface area contributed by atoms with Crippen LogP contribution in [-0.4, -0.2) is 31.1 Å². The molecule has 0 spiro atoms. The predicted octanol–water partition coefficient (Wildman–Crippen LogP) is 2.29. The molecule has 1 aliphatic carbocycles. The van der Waals surface area contributed by atoms with Gasteiger partial charge in [0.05, 0.1) is 19.3 Å². The lowest BCUT2D eigenvalue weighted by atomic mass is 9.88. The third-order valence-electron chi connectivity index (χ3n) is 4.08. The van der Waals surface area contributed by atoms with Gasteiger partial charge in [-0.05, 0) is 44.2 Å². The second kappa shape index (κ2) is 5.23. The molecule has 1 aromatic carbocycles. The maximum atomic E-state index is 5.70. The number of fused-ring (bicyclic) bond motifs is 1. The number of nitrogens with one attached hydrogen (secondary N) is 1. The van der Waals surface area contributed by atoms with Crippen molar-refractivity contribution in [3.63, 3.8) is 0 Å². The third-order valence-corrected chi connectivity index (χ3v) is 4.08. The molecule has 3 nitrogen and oxygen atoms in total. The highest BCUT2D eigenvalue weighted by Crippen LogP contribution is 2.23. The topological polar surface area (TPSA) is 30.5 Å². The van der Waals surface area contributed by atoms with Gasteiger partial charge in [-0.1, -0.05) is 24.3 Å². The van der Waals surface area contributed by atoms with Crippen molar-refractivity contribution >= 4 is 0 Å². The number of hydrogen-bond donors (Lipinski definition) is 1. The van der Waals surface area contributed by atoms with Gasteiger partial charge in [-0.2, -0.15) is 0 Å². The van der Waals surface area contributed by atoms with E-state index in [0.29, 0.717) is 12.1 Å². The number of rotatable bonds is 2. The number of aryl methyl sites for hydroxylation is 1. The summed E-state index contributed by atoms with van der Waals surface area (Å²) in [5.74, 6) is -0.419. The van der Waals surface area contributed by atoms with Crippen molar-refractivity contribution in [1.82, 2.24) is 5.32 Å². The number of ether oxygens (including phenoxy) is 2. The van der Waals surface area contributed by atoms with Crippen LogP contribution in [0.1, 0.15) is 31.4 Å². The molecule has 1 aromatic rings. The zero-order valence-corrected chi connectivity index (χ0v) is 11.8. The third kappa shape index (κ3) is 3.16. The molecule has 1 N–H and O–H groups in total. The Hall–Kier alpha value is -0.900. The standard InChI is InChI=1S/C16H23NO2/c1-16(2)18-10-15(11-19-16)17-14-8-7-12-5-3-4-6-13(12)9-14/h3-6,14-15,17H,7-11H2,1-2H3. The average Bonchev–Trinajstić information content (AvgIpc) is 2.41. The Morgan fingerprint density at radius 1 is 1.05 bits per heavy atom. The van der Waals surface area contributed by atoms with Gasteiger partial charge in [0.1, 0.15) is 0 Å². The quantitative estimate of drug-likeness (QED) is 0.886. The second-order valence-electron chi connectivity index (χ2n) is 6.09. The lowest BCUT2D eigenvalue weighted by Gasteiger charge is -2.37. The zero-order chi connectivity index (χ0) is 13.3. The van der Waals surface area contributed by atoms with E-state index in [0.717, 1.165) is 19.6 Å². The fraction of sp³-hybridized carbons (Fsp3) is 0.625. The fourth-order valence-electron chi connectivity index (χ4n) is 2.96. The van der Waals surface area contributed by atoms with Crippen molar-refractivity contribution in [2.45, 2.75) is 51.0 Å². The summed E-state index contributed by atoms with van der Waals surface area (Å²) in [5, 5.41) is 3.69. The summed E-state index contributed by atoms with van der Waals surface area (Å²) < 4.78 is 11.4. The van der Waals surface area contributed by atoms with Crippen LogP contribution in [0.5, 0.6) is 0 Å². The van der Waals surface area contributed by atoms with Gasteiger partial charge in [0.25, 0.3) is 0 Å². The monoisotopic (exact) mass is 261 g/mol. The molecule has 3 heteroatoms. The zero-order valence-electron chi connectivity index (χ0n) is 11.8. The summed E-state index contributed by atoms with van der Waals surface area (Å²) in [6.45, 7) is 5.43. The summed E-state index contributed by atoms with van der Waals surface area (Å²) in [6.07, 6.45) is 3.50. The number of benzene rings is 1. The first-order valence-corrected chi connectivity index (χ1v) is 7.23. The van der Waals surface area contributed by atoms with E-state index in [9.17, 15) is 0 Å². The molecule has 1 unspecified atom stereocenters. The van der Waals surface area contributed by atoms with E-state index in [-0.39, 0.29) is 0 Å². The minimum atomic E-state index is -0.419. The Balaban J connectivity index is 1.55. The highest BCUT2D eigenvalue weighted by atomic mass is 16.7. The van der Waals surface area contributed by atoms with E-state index in [1.165, 1.54) is 24.0 Å². The lowest BCUT2D eigenvalue weighted by Crippen LogP contribution is -2.52. The average molecular weight is 261 g/mol. The Labute approximate surface area is 115 Å². The van der Waals surface area contributed by atoms with Gasteiger partial charge >= 0.3 is 0 Å². The van der Waals surface area contributed by atoms with Crippen molar-refractivity contribution in [2.24, 2.45) is 0 Å². The predicted molar refractivity (Wildman–Crippen MR) is 75.2 cm³/mol. The molecule has 104 valence electrons. The molecule has 2 aliphatic rings. The molecule has 0 radical (unpaired) electrons. The Bertz CT molecular complexity index is 434. The van der Waals surface area contributed by atoms with Crippen LogP contribution < -0.4 is 5.32 Å². The van der Waals surface area contributed by atoms with Gasteiger partial charge in [0.15, 0.2) is 5.79 Å². The molecule has 19 heavy (non-hydrogen) atoms. The van der Waals surface area contributed by atoms with Crippen LogP contribution in [0.4, 0.5) is 0 Å². The van der Waals surface area contributed by atoms with Crippen LogP contribution in [0.25, 0.3) is 0 Å². The first-order chi connectivity index (χ1) is 9.12.